The van der Waals surface area contributed by atoms with Gasteiger partial charge in [-0.3, -0.25) is 4.79 Å². The summed E-state index contributed by atoms with van der Waals surface area (Å²) in [4.78, 5) is 11.6. The van der Waals surface area contributed by atoms with Crippen LogP contribution in [0.15, 0.2) is 22.8 Å². The van der Waals surface area contributed by atoms with Crippen LogP contribution >= 0.6 is 0 Å². The van der Waals surface area contributed by atoms with Gasteiger partial charge in [-0.15, -0.1) is 0 Å². The average Bonchev–Trinajstić information content (AvgIpc) is 2.76. The molecule has 0 aliphatic rings. The van der Waals surface area contributed by atoms with Crippen molar-refractivity contribution >= 4 is 5.97 Å². The summed E-state index contributed by atoms with van der Waals surface area (Å²) in [5.74, 6) is 0.728. The van der Waals surface area contributed by atoms with Crippen LogP contribution in [0.5, 0.6) is 0 Å². The molecule has 0 radical (unpaired) electrons. The van der Waals surface area contributed by atoms with Gasteiger partial charge in [-0.05, 0) is 30.9 Å². The van der Waals surface area contributed by atoms with Crippen molar-refractivity contribution in [1.82, 2.24) is 5.32 Å². The minimum atomic E-state index is -0.149. The van der Waals surface area contributed by atoms with E-state index < -0.39 is 0 Å². The van der Waals surface area contributed by atoms with E-state index in [1.807, 2.05) is 19.1 Å². The predicted molar refractivity (Wildman–Crippen MR) is 74.7 cm³/mol. The molecule has 0 fully saturated rings. The molecule has 0 amide bonds. The van der Waals surface area contributed by atoms with Crippen molar-refractivity contribution in [1.29, 1.82) is 0 Å². The van der Waals surface area contributed by atoms with Crippen LogP contribution in [-0.2, 0) is 16.1 Å². The number of hydrogen-bond donors (Lipinski definition) is 1. The van der Waals surface area contributed by atoms with Crippen LogP contribution in [0.4, 0.5) is 0 Å². The first kappa shape index (κ1) is 15.8. The fourth-order valence-electron chi connectivity index (χ4n) is 2.03. The molecule has 1 unspecified atom stereocenters. The summed E-state index contributed by atoms with van der Waals surface area (Å²) in [5, 5.41) is 3.37. The van der Waals surface area contributed by atoms with E-state index in [0.717, 1.165) is 12.2 Å². The molecule has 0 saturated carbocycles. The van der Waals surface area contributed by atoms with Crippen molar-refractivity contribution in [3.63, 3.8) is 0 Å². The van der Waals surface area contributed by atoms with E-state index in [9.17, 15) is 4.79 Å². The summed E-state index contributed by atoms with van der Waals surface area (Å²) < 4.78 is 10.3. The highest BCUT2D eigenvalue weighted by molar-refractivity contribution is 5.70. The first-order valence-electron chi connectivity index (χ1n) is 6.82. The zero-order valence-corrected chi connectivity index (χ0v) is 12.4. The Morgan fingerprint density at radius 3 is 2.74 bits per heavy atom. The zero-order valence-electron chi connectivity index (χ0n) is 12.4. The Hall–Kier alpha value is -1.29. The maximum absolute atomic E-state index is 11.6. The molecule has 19 heavy (non-hydrogen) atoms. The molecule has 0 bridgehead atoms. The minimum Gasteiger partial charge on any atom is -0.468 e. The summed E-state index contributed by atoms with van der Waals surface area (Å²) in [5.41, 5.74) is 0.160. The molecular formula is C15H25NO3. The highest BCUT2D eigenvalue weighted by Crippen LogP contribution is 2.22. The minimum absolute atomic E-state index is 0.101. The van der Waals surface area contributed by atoms with E-state index in [0.29, 0.717) is 19.6 Å². The Morgan fingerprint density at radius 1 is 1.47 bits per heavy atom. The van der Waals surface area contributed by atoms with Gasteiger partial charge in [0.15, 0.2) is 0 Å². The van der Waals surface area contributed by atoms with E-state index in [2.05, 4.69) is 26.1 Å². The third kappa shape index (κ3) is 7.01. The average molecular weight is 267 g/mol. The number of rotatable bonds is 7. The molecule has 1 atom stereocenters. The second-order valence-electron chi connectivity index (χ2n) is 5.93. The lowest BCUT2D eigenvalue weighted by Crippen LogP contribution is -2.35. The van der Waals surface area contributed by atoms with Crippen molar-refractivity contribution in [3.05, 3.63) is 24.2 Å². The van der Waals surface area contributed by atoms with E-state index >= 15 is 0 Å². The van der Waals surface area contributed by atoms with Crippen molar-refractivity contribution in [2.24, 2.45) is 5.41 Å². The number of hydrogen-bond acceptors (Lipinski definition) is 4. The summed E-state index contributed by atoms with van der Waals surface area (Å²) in [7, 11) is 0. The predicted octanol–water partition coefficient (Wildman–Crippen LogP) is 3.13. The highest BCUT2D eigenvalue weighted by atomic mass is 16.5. The quantitative estimate of drug-likeness (QED) is 0.771. The monoisotopic (exact) mass is 267 g/mol. The Labute approximate surface area is 115 Å². The molecular weight excluding hydrogens is 242 g/mol. The number of furan rings is 1. The van der Waals surface area contributed by atoms with Crippen LogP contribution in [-0.4, -0.2) is 18.6 Å². The number of esters is 1. The van der Waals surface area contributed by atoms with Crippen LogP contribution < -0.4 is 5.32 Å². The summed E-state index contributed by atoms with van der Waals surface area (Å²) in [6.07, 6.45) is 2.96. The summed E-state index contributed by atoms with van der Waals surface area (Å²) in [6, 6.07) is 3.89. The SMILES string of the molecule is CCOC(=O)CC(CC(C)(C)C)NCc1ccco1. The second kappa shape index (κ2) is 7.34. The third-order valence-electron chi connectivity index (χ3n) is 2.72. The zero-order chi connectivity index (χ0) is 14.3. The molecule has 1 rings (SSSR count). The molecule has 0 aromatic carbocycles. The normalized spacial score (nSPS) is 13.3. The number of carbonyl (C=O) groups is 1. The summed E-state index contributed by atoms with van der Waals surface area (Å²) in [6.45, 7) is 9.39. The van der Waals surface area contributed by atoms with Gasteiger partial charge in [-0.1, -0.05) is 20.8 Å². The Balaban J connectivity index is 2.50. The van der Waals surface area contributed by atoms with E-state index in [1.54, 1.807) is 6.26 Å². The van der Waals surface area contributed by atoms with Gasteiger partial charge in [0.1, 0.15) is 5.76 Å². The molecule has 108 valence electrons. The third-order valence-corrected chi connectivity index (χ3v) is 2.72. The maximum Gasteiger partial charge on any atom is 0.307 e. The lowest BCUT2D eigenvalue weighted by atomic mass is 9.87. The Bertz CT molecular complexity index is 365. The molecule has 4 nitrogen and oxygen atoms in total. The fourth-order valence-corrected chi connectivity index (χ4v) is 2.03. The van der Waals surface area contributed by atoms with Gasteiger partial charge in [-0.2, -0.15) is 0 Å². The van der Waals surface area contributed by atoms with Gasteiger partial charge in [0.25, 0.3) is 0 Å². The number of carbonyl (C=O) groups excluding carboxylic acids is 1. The maximum atomic E-state index is 11.6. The van der Waals surface area contributed by atoms with Crippen LogP contribution in [0, 0.1) is 5.41 Å². The smallest absolute Gasteiger partial charge is 0.307 e. The van der Waals surface area contributed by atoms with Crippen molar-refractivity contribution in [2.45, 2.75) is 53.1 Å². The van der Waals surface area contributed by atoms with Crippen molar-refractivity contribution in [3.8, 4) is 0 Å². The van der Waals surface area contributed by atoms with Gasteiger partial charge < -0.3 is 14.5 Å². The molecule has 0 saturated heterocycles. The Morgan fingerprint density at radius 2 is 2.21 bits per heavy atom. The number of ether oxygens (including phenoxy) is 1. The molecule has 1 aromatic rings. The molecule has 0 aliphatic carbocycles. The van der Waals surface area contributed by atoms with Crippen LogP contribution in [0.3, 0.4) is 0 Å². The van der Waals surface area contributed by atoms with E-state index in [-0.39, 0.29) is 17.4 Å². The van der Waals surface area contributed by atoms with Gasteiger partial charge in [-0.25, -0.2) is 0 Å². The van der Waals surface area contributed by atoms with Crippen molar-refractivity contribution in [2.75, 3.05) is 6.61 Å². The molecule has 1 N–H and O–H groups in total. The first-order valence-corrected chi connectivity index (χ1v) is 6.82. The molecule has 1 aromatic heterocycles. The second-order valence-corrected chi connectivity index (χ2v) is 5.93. The van der Waals surface area contributed by atoms with Crippen molar-refractivity contribution < 1.29 is 13.9 Å². The fraction of sp³-hybridized carbons (Fsp3) is 0.667. The highest BCUT2D eigenvalue weighted by Gasteiger charge is 2.21. The molecule has 0 aliphatic heterocycles. The molecule has 0 spiro atoms. The molecule has 1 heterocycles. The lowest BCUT2D eigenvalue weighted by Gasteiger charge is -2.26. The first-order chi connectivity index (χ1) is 8.90. The van der Waals surface area contributed by atoms with Crippen LogP contribution in [0.2, 0.25) is 0 Å². The van der Waals surface area contributed by atoms with E-state index in [1.165, 1.54) is 0 Å². The Kier molecular flexibility index (Phi) is 6.09. The van der Waals surface area contributed by atoms with Gasteiger partial charge in [0.05, 0.1) is 25.8 Å². The summed E-state index contributed by atoms with van der Waals surface area (Å²) >= 11 is 0. The van der Waals surface area contributed by atoms with Crippen LogP contribution in [0.25, 0.3) is 0 Å². The van der Waals surface area contributed by atoms with Crippen LogP contribution in [0.1, 0.15) is 46.3 Å². The topological polar surface area (TPSA) is 51.5 Å². The largest absolute Gasteiger partial charge is 0.468 e. The molecule has 4 heteroatoms. The lowest BCUT2D eigenvalue weighted by molar-refractivity contribution is -0.143. The van der Waals surface area contributed by atoms with Gasteiger partial charge in [0.2, 0.25) is 0 Å². The van der Waals surface area contributed by atoms with E-state index in [4.69, 9.17) is 9.15 Å². The van der Waals surface area contributed by atoms with Gasteiger partial charge in [0, 0.05) is 6.04 Å². The van der Waals surface area contributed by atoms with Gasteiger partial charge >= 0.3 is 5.97 Å². The number of nitrogens with one attached hydrogen (secondary N) is 1. The standard InChI is InChI=1S/C15H25NO3/c1-5-18-14(17)9-12(10-15(2,3)4)16-11-13-7-6-8-19-13/h6-8,12,16H,5,9-11H2,1-4H3.